The third kappa shape index (κ3) is 3.10. The first kappa shape index (κ1) is 13.8. The van der Waals surface area contributed by atoms with E-state index in [0.717, 1.165) is 24.3 Å². The van der Waals surface area contributed by atoms with Crippen molar-refractivity contribution in [3.05, 3.63) is 12.2 Å². The van der Waals surface area contributed by atoms with Crippen molar-refractivity contribution in [3.63, 3.8) is 0 Å². The predicted molar refractivity (Wildman–Crippen MR) is 72.6 cm³/mol. The van der Waals surface area contributed by atoms with Crippen LogP contribution in [0.4, 0.5) is 0 Å². The van der Waals surface area contributed by atoms with Crippen LogP contribution in [0.1, 0.15) is 48.0 Å². The van der Waals surface area contributed by atoms with Crippen LogP contribution in [0.5, 0.6) is 0 Å². The molecule has 0 aromatic rings. The molecule has 0 aliphatic carbocycles. The highest BCUT2D eigenvalue weighted by atomic mass is 15.2. The number of rotatable bonds is 2. The first-order valence-corrected chi connectivity index (χ1v) is 6.85. The van der Waals surface area contributed by atoms with E-state index in [-0.39, 0.29) is 0 Å². The van der Waals surface area contributed by atoms with E-state index in [4.69, 9.17) is 0 Å². The molecule has 94 valence electrons. The predicted octanol–water partition coefficient (Wildman–Crippen LogP) is 3.95. The summed E-state index contributed by atoms with van der Waals surface area (Å²) in [6.07, 6.45) is 5.98. The SMILES string of the molecule is CC(C)C1C(C)C/C=C\CN(C(C)C)C1C. The van der Waals surface area contributed by atoms with Gasteiger partial charge in [-0.1, -0.05) is 32.9 Å². The van der Waals surface area contributed by atoms with Crippen LogP contribution in [0.25, 0.3) is 0 Å². The van der Waals surface area contributed by atoms with E-state index < -0.39 is 0 Å². The molecule has 0 saturated carbocycles. The number of hydrogen-bond donors (Lipinski definition) is 0. The van der Waals surface area contributed by atoms with Crippen molar-refractivity contribution in [2.24, 2.45) is 17.8 Å². The Morgan fingerprint density at radius 1 is 1.06 bits per heavy atom. The molecular formula is C15H29N. The van der Waals surface area contributed by atoms with Crippen LogP contribution in [0.3, 0.4) is 0 Å². The van der Waals surface area contributed by atoms with Gasteiger partial charge in [0.2, 0.25) is 0 Å². The van der Waals surface area contributed by atoms with E-state index in [1.165, 1.54) is 6.42 Å². The molecule has 0 fully saturated rings. The van der Waals surface area contributed by atoms with Gasteiger partial charge in [0.15, 0.2) is 0 Å². The molecule has 16 heavy (non-hydrogen) atoms. The standard InChI is InChI=1S/C15H29N/c1-11(2)15-13(5)9-7-8-10-16(12(3)4)14(15)6/h7-8,11-15H,9-10H2,1-6H3/b8-7-. The molecule has 1 aliphatic heterocycles. The molecule has 3 atom stereocenters. The molecule has 0 N–H and O–H groups in total. The lowest BCUT2D eigenvalue weighted by atomic mass is 9.76. The van der Waals surface area contributed by atoms with Gasteiger partial charge in [-0.25, -0.2) is 0 Å². The number of allylic oxidation sites excluding steroid dienone is 1. The zero-order chi connectivity index (χ0) is 12.3. The van der Waals surface area contributed by atoms with Crippen molar-refractivity contribution < 1.29 is 0 Å². The smallest absolute Gasteiger partial charge is 0.0168 e. The molecule has 0 spiro atoms. The first-order valence-electron chi connectivity index (χ1n) is 6.85. The summed E-state index contributed by atoms with van der Waals surface area (Å²) in [7, 11) is 0. The Bertz CT molecular complexity index is 230. The third-order valence-corrected chi connectivity index (χ3v) is 4.16. The van der Waals surface area contributed by atoms with Gasteiger partial charge in [0.25, 0.3) is 0 Å². The fraction of sp³-hybridized carbons (Fsp3) is 0.867. The van der Waals surface area contributed by atoms with Crippen LogP contribution >= 0.6 is 0 Å². The molecular weight excluding hydrogens is 194 g/mol. The minimum atomic E-state index is 0.645. The third-order valence-electron chi connectivity index (χ3n) is 4.16. The molecule has 1 nitrogen and oxygen atoms in total. The van der Waals surface area contributed by atoms with Gasteiger partial charge in [0.1, 0.15) is 0 Å². The summed E-state index contributed by atoms with van der Waals surface area (Å²) in [6.45, 7) is 15.3. The van der Waals surface area contributed by atoms with Gasteiger partial charge in [-0.2, -0.15) is 0 Å². The summed E-state index contributed by atoms with van der Waals surface area (Å²) in [4.78, 5) is 2.64. The Morgan fingerprint density at radius 2 is 1.69 bits per heavy atom. The zero-order valence-electron chi connectivity index (χ0n) is 11.9. The lowest BCUT2D eigenvalue weighted by molar-refractivity contribution is 0.0757. The Hall–Kier alpha value is -0.300. The van der Waals surface area contributed by atoms with Crippen molar-refractivity contribution in [3.8, 4) is 0 Å². The second-order valence-corrected chi connectivity index (χ2v) is 6.04. The number of hydrogen-bond acceptors (Lipinski definition) is 1. The van der Waals surface area contributed by atoms with E-state index in [0.29, 0.717) is 12.1 Å². The molecule has 0 amide bonds. The summed E-state index contributed by atoms with van der Waals surface area (Å²) < 4.78 is 0. The van der Waals surface area contributed by atoms with Gasteiger partial charge in [0, 0.05) is 18.6 Å². The van der Waals surface area contributed by atoms with E-state index >= 15 is 0 Å². The van der Waals surface area contributed by atoms with Crippen molar-refractivity contribution in [2.45, 2.75) is 60.0 Å². The summed E-state index contributed by atoms with van der Waals surface area (Å²) in [5.74, 6) is 2.39. The summed E-state index contributed by atoms with van der Waals surface area (Å²) >= 11 is 0. The maximum Gasteiger partial charge on any atom is 0.0168 e. The Morgan fingerprint density at radius 3 is 2.19 bits per heavy atom. The lowest BCUT2D eigenvalue weighted by Gasteiger charge is -2.42. The van der Waals surface area contributed by atoms with Crippen LogP contribution < -0.4 is 0 Å². The lowest BCUT2D eigenvalue weighted by Crippen LogP contribution is -2.47. The molecule has 0 radical (unpaired) electrons. The molecule has 1 heterocycles. The largest absolute Gasteiger partial charge is 0.294 e. The van der Waals surface area contributed by atoms with Crippen LogP contribution in [-0.4, -0.2) is 23.5 Å². The van der Waals surface area contributed by atoms with Crippen molar-refractivity contribution in [1.29, 1.82) is 0 Å². The summed E-state index contributed by atoms with van der Waals surface area (Å²) in [6, 6.07) is 1.34. The molecule has 1 rings (SSSR count). The summed E-state index contributed by atoms with van der Waals surface area (Å²) in [5, 5.41) is 0. The molecule has 0 aromatic carbocycles. The second kappa shape index (κ2) is 5.86. The van der Waals surface area contributed by atoms with E-state index in [1.54, 1.807) is 0 Å². The molecule has 0 bridgehead atoms. The molecule has 0 saturated heterocycles. The molecule has 3 unspecified atom stereocenters. The van der Waals surface area contributed by atoms with Gasteiger partial charge in [-0.05, 0) is 44.9 Å². The fourth-order valence-electron chi connectivity index (χ4n) is 3.42. The van der Waals surface area contributed by atoms with Crippen LogP contribution in [-0.2, 0) is 0 Å². The number of nitrogens with zero attached hydrogens (tertiary/aromatic N) is 1. The molecule has 1 heteroatoms. The van der Waals surface area contributed by atoms with Gasteiger partial charge >= 0.3 is 0 Å². The minimum Gasteiger partial charge on any atom is -0.294 e. The van der Waals surface area contributed by atoms with E-state index in [1.807, 2.05) is 0 Å². The van der Waals surface area contributed by atoms with E-state index in [2.05, 4.69) is 58.6 Å². The van der Waals surface area contributed by atoms with Crippen molar-refractivity contribution in [1.82, 2.24) is 4.90 Å². The minimum absolute atomic E-state index is 0.645. The maximum absolute atomic E-state index is 2.64. The Balaban J connectivity index is 2.90. The van der Waals surface area contributed by atoms with Crippen molar-refractivity contribution in [2.75, 3.05) is 6.54 Å². The van der Waals surface area contributed by atoms with Crippen molar-refractivity contribution >= 4 is 0 Å². The van der Waals surface area contributed by atoms with Gasteiger partial charge in [0.05, 0.1) is 0 Å². The van der Waals surface area contributed by atoms with Gasteiger partial charge in [-0.3, -0.25) is 4.90 Å². The monoisotopic (exact) mass is 223 g/mol. The molecule has 1 aliphatic rings. The normalized spacial score (nSPS) is 35.1. The van der Waals surface area contributed by atoms with Crippen LogP contribution in [0.2, 0.25) is 0 Å². The fourth-order valence-corrected chi connectivity index (χ4v) is 3.42. The average Bonchev–Trinajstić information content (AvgIpc) is 2.13. The maximum atomic E-state index is 2.64. The Labute approximate surface area is 102 Å². The molecule has 0 aromatic heterocycles. The quantitative estimate of drug-likeness (QED) is 0.641. The highest BCUT2D eigenvalue weighted by Crippen LogP contribution is 2.32. The van der Waals surface area contributed by atoms with Crippen LogP contribution in [0.15, 0.2) is 12.2 Å². The second-order valence-electron chi connectivity index (χ2n) is 6.04. The summed E-state index contributed by atoms with van der Waals surface area (Å²) in [5.41, 5.74) is 0. The average molecular weight is 223 g/mol. The Kier molecular flexibility index (Phi) is 5.04. The van der Waals surface area contributed by atoms with Gasteiger partial charge < -0.3 is 0 Å². The van der Waals surface area contributed by atoms with Gasteiger partial charge in [-0.15, -0.1) is 0 Å². The zero-order valence-corrected chi connectivity index (χ0v) is 11.9. The topological polar surface area (TPSA) is 3.24 Å². The highest BCUT2D eigenvalue weighted by molar-refractivity contribution is 4.95. The van der Waals surface area contributed by atoms with E-state index in [9.17, 15) is 0 Å². The van der Waals surface area contributed by atoms with Crippen LogP contribution in [0, 0.1) is 17.8 Å². The highest BCUT2D eigenvalue weighted by Gasteiger charge is 2.31. The first-order chi connectivity index (χ1) is 7.45.